The van der Waals surface area contributed by atoms with Gasteiger partial charge >= 0.3 is 0 Å². The molecule has 1 rings (SSSR count). The maximum Gasteiger partial charge on any atom is 0.0470 e. The fraction of sp³-hybridized carbons (Fsp3) is 0.500. The molecule has 1 aromatic carbocycles. The molecule has 2 atom stereocenters. The SMILES string of the molecule is NC(CCC(CO)CCl)c1ccc(Cl)cc1Cl. The fourth-order valence-corrected chi connectivity index (χ4v) is 2.39. The standard InChI is InChI=1S/C12H16Cl3NO/c13-6-8(7-17)1-4-12(16)10-3-2-9(14)5-11(10)15/h2-3,5,8,12,17H,1,4,6-7,16H2. The molecular formula is C12H16Cl3NO. The van der Waals surface area contributed by atoms with Crippen molar-refractivity contribution >= 4 is 34.8 Å². The molecule has 0 aliphatic rings. The number of aliphatic hydroxyl groups is 1. The summed E-state index contributed by atoms with van der Waals surface area (Å²) in [4.78, 5) is 0. The Bertz CT molecular complexity index is 356. The van der Waals surface area contributed by atoms with Crippen molar-refractivity contribution in [2.24, 2.45) is 11.7 Å². The van der Waals surface area contributed by atoms with Crippen LogP contribution in [0.3, 0.4) is 0 Å². The number of alkyl halides is 1. The highest BCUT2D eigenvalue weighted by molar-refractivity contribution is 6.35. The molecule has 0 aliphatic carbocycles. The van der Waals surface area contributed by atoms with E-state index in [0.29, 0.717) is 15.9 Å². The van der Waals surface area contributed by atoms with Crippen LogP contribution in [-0.2, 0) is 0 Å². The summed E-state index contributed by atoms with van der Waals surface area (Å²) in [5.41, 5.74) is 6.93. The topological polar surface area (TPSA) is 46.2 Å². The monoisotopic (exact) mass is 295 g/mol. The maximum absolute atomic E-state index is 9.03. The third-order valence-electron chi connectivity index (χ3n) is 2.72. The minimum atomic E-state index is -0.156. The van der Waals surface area contributed by atoms with Gasteiger partial charge in [-0.15, -0.1) is 11.6 Å². The van der Waals surface area contributed by atoms with Gasteiger partial charge in [0.05, 0.1) is 0 Å². The lowest BCUT2D eigenvalue weighted by Gasteiger charge is -2.16. The maximum atomic E-state index is 9.03. The third kappa shape index (κ3) is 4.65. The van der Waals surface area contributed by atoms with Crippen LogP contribution in [0, 0.1) is 5.92 Å². The molecule has 0 aliphatic heterocycles. The van der Waals surface area contributed by atoms with Crippen LogP contribution >= 0.6 is 34.8 Å². The Morgan fingerprint density at radius 2 is 1.94 bits per heavy atom. The molecule has 3 N–H and O–H groups in total. The number of benzene rings is 1. The summed E-state index contributed by atoms with van der Waals surface area (Å²) in [5.74, 6) is 0.534. The van der Waals surface area contributed by atoms with Gasteiger partial charge in [-0.05, 0) is 36.5 Å². The molecule has 96 valence electrons. The largest absolute Gasteiger partial charge is 0.396 e. The lowest BCUT2D eigenvalue weighted by atomic mass is 9.98. The van der Waals surface area contributed by atoms with Crippen molar-refractivity contribution in [1.82, 2.24) is 0 Å². The van der Waals surface area contributed by atoms with Crippen LogP contribution in [0.15, 0.2) is 18.2 Å². The second-order valence-corrected chi connectivity index (χ2v) is 5.20. The van der Waals surface area contributed by atoms with E-state index in [9.17, 15) is 0 Å². The van der Waals surface area contributed by atoms with Crippen molar-refractivity contribution in [1.29, 1.82) is 0 Å². The fourth-order valence-electron chi connectivity index (χ4n) is 1.59. The summed E-state index contributed by atoms with van der Waals surface area (Å²) in [7, 11) is 0. The van der Waals surface area contributed by atoms with E-state index in [2.05, 4.69) is 0 Å². The van der Waals surface area contributed by atoms with Crippen LogP contribution in [0.5, 0.6) is 0 Å². The van der Waals surface area contributed by atoms with Crippen molar-refractivity contribution in [2.45, 2.75) is 18.9 Å². The summed E-state index contributed by atoms with van der Waals surface area (Å²) >= 11 is 17.6. The van der Waals surface area contributed by atoms with E-state index < -0.39 is 0 Å². The van der Waals surface area contributed by atoms with Crippen molar-refractivity contribution in [3.8, 4) is 0 Å². The number of nitrogens with two attached hydrogens (primary N) is 1. The Balaban J connectivity index is 2.60. The molecule has 5 heteroatoms. The Labute approximate surface area is 117 Å². The molecule has 2 nitrogen and oxygen atoms in total. The van der Waals surface area contributed by atoms with Gasteiger partial charge in [0.1, 0.15) is 0 Å². The van der Waals surface area contributed by atoms with E-state index >= 15 is 0 Å². The highest BCUT2D eigenvalue weighted by Gasteiger charge is 2.13. The van der Waals surface area contributed by atoms with Crippen molar-refractivity contribution < 1.29 is 5.11 Å². The van der Waals surface area contributed by atoms with Crippen molar-refractivity contribution in [3.05, 3.63) is 33.8 Å². The minimum absolute atomic E-state index is 0.0879. The second-order valence-electron chi connectivity index (χ2n) is 4.05. The first-order valence-corrected chi connectivity index (χ1v) is 6.74. The van der Waals surface area contributed by atoms with Crippen LogP contribution in [0.4, 0.5) is 0 Å². The van der Waals surface area contributed by atoms with Gasteiger partial charge in [0.2, 0.25) is 0 Å². The molecule has 2 unspecified atom stereocenters. The molecule has 0 saturated carbocycles. The zero-order valence-corrected chi connectivity index (χ0v) is 11.6. The summed E-state index contributed by atoms with van der Waals surface area (Å²) in [6, 6.07) is 5.14. The Hall–Kier alpha value is 0.01000. The molecule has 17 heavy (non-hydrogen) atoms. The predicted molar refractivity (Wildman–Crippen MR) is 73.9 cm³/mol. The third-order valence-corrected chi connectivity index (χ3v) is 3.72. The number of rotatable bonds is 6. The summed E-state index contributed by atoms with van der Waals surface area (Å²) < 4.78 is 0. The first-order chi connectivity index (χ1) is 8.08. The first-order valence-electron chi connectivity index (χ1n) is 5.45. The van der Waals surface area contributed by atoms with Crippen LogP contribution in [-0.4, -0.2) is 17.6 Å². The van der Waals surface area contributed by atoms with E-state index in [0.717, 1.165) is 18.4 Å². The van der Waals surface area contributed by atoms with Crippen LogP contribution in [0.2, 0.25) is 10.0 Å². The molecule has 1 aromatic rings. The van der Waals surface area contributed by atoms with E-state index in [1.54, 1.807) is 12.1 Å². The van der Waals surface area contributed by atoms with Crippen LogP contribution in [0.25, 0.3) is 0 Å². The molecule has 0 bridgehead atoms. The van der Waals surface area contributed by atoms with Gasteiger partial charge in [-0.1, -0.05) is 29.3 Å². The van der Waals surface area contributed by atoms with E-state index in [-0.39, 0.29) is 18.6 Å². The number of hydrogen-bond donors (Lipinski definition) is 2. The van der Waals surface area contributed by atoms with Crippen LogP contribution < -0.4 is 5.73 Å². The smallest absolute Gasteiger partial charge is 0.0470 e. The molecule has 0 spiro atoms. The first kappa shape index (κ1) is 15.1. The molecule has 0 aromatic heterocycles. The summed E-state index contributed by atoms with van der Waals surface area (Å²) in [5, 5.41) is 10.2. The normalized spacial score (nSPS) is 14.6. The molecule has 0 fully saturated rings. The lowest BCUT2D eigenvalue weighted by Crippen LogP contribution is -2.15. The van der Waals surface area contributed by atoms with E-state index in [1.807, 2.05) is 6.07 Å². The van der Waals surface area contributed by atoms with Gasteiger partial charge in [-0.25, -0.2) is 0 Å². The van der Waals surface area contributed by atoms with Gasteiger partial charge < -0.3 is 10.8 Å². The summed E-state index contributed by atoms with van der Waals surface area (Å²) in [6.07, 6.45) is 1.51. The molecular weight excluding hydrogens is 280 g/mol. The molecule has 0 amide bonds. The number of hydrogen-bond acceptors (Lipinski definition) is 2. The Kier molecular flexibility index (Phi) is 6.60. The highest BCUT2D eigenvalue weighted by atomic mass is 35.5. The molecule has 0 saturated heterocycles. The van der Waals surface area contributed by atoms with Gasteiger partial charge in [-0.2, -0.15) is 0 Å². The van der Waals surface area contributed by atoms with Crippen LogP contribution in [0.1, 0.15) is 24.4 Å². The lowest BCUT2D eigenvalue weighted by molar-refractivity contribution is 0.228. The quantitative estimate of drug-likeness (QED) is 0.788. The van der Waals surface area contributed by atoms with E-state index in [4.69, 9.17) is 45.6 Å². The Morgan fingerprint density at radius 1 is 1.24 bits per heavy atom. The minimum Gasteiger partial charge on any atom is -0.396 e. The average Bonchev–Trinajstić information content (AvgIpc) is 2.30. The highest BCUT2D eigenvalue weighted by Crippen LogP contribution is 2.28. The van der Waals surface area contributed by atoms with Crippen molar-refractivity contribution in [3.63, 3.8) is 0 Å². The zero-order chi connectivity index (χ0) is 12.8. The predicted octanol–water partition coefficient (Wildman–Crippen LogP) is 3.62. The second kappa shape index (κ2) is 7.45. The van der Waals surface area contributed by atoms with Gasteiger partial charge in [0, 0.05) is 28.6 Å². The number of aliphatic hydroxyl groups excluding tert-OH is 1. The molecule has 0 radical (unpaired) electrons. The summed E-state index contributed by atoms with van der Waals surface area (Å²) in [6.45, 7) is 0.0879. The number of halogens is 3. The van der Waals surface area contributed by atoms with Gasteiger partial charge in [0.15, 0.2) is 0 Å². The van der Waals surface area contributed by atoms with Crippen molar-refractivity contribution in [2.75, 3.05) is 12.5 Å². The molecule has 0 heterocycles. The van der Waals surface area contributed by atoms with Gasteiger partial charge in [-0.3, -0.25) is 0 Å². The van der Waals surface area contributed by atoms with Gasteiger partial charge in [0.25, 0.3) is 0 Å². The van der Waals surface area contributed by atoms with E-state index in [1.165, 1.54) is 0 Å². The Morgan fingerprint density at radius 3 is 2.47 bits per heavy atom. The zero-order valence-electron chi connectivity index (χ0n) is 9.37. The average molecular weight is 297 g/mol.